The van der Waals surface area contributed by atoms with Gasteiger partial charge in [0.2, 0.25) is 0 Å². The highest BCUT2D eigenvalue weighted by atomic mass is 19.2. The molecule has 1 N–H and O–H groups in total. The highest BCUT2D eigenvalue weighted by Gasteiger charge is 2.30. The van der Waals surface area contributed by atoms with Gasteiger partial charge in [-0.1, -0.05) is 0 Å². The first-order valence-corrected chi connectivity index (χ1v) is 9.44. The molecular formula is C19H27F2N3O2. The number of ether oxygens (including phenoxy) is 1. The number of likely N-dealkylation sites (tertiary alicyclic amines) is 2. The maximum Gasteiger partial charge on any atom is 0.409 e. The summed E-state index contributed by atoms with van der Waals surface area (Å²) in [7, 11) is 0. The standard InChI is InChI=1S/C19H27F2N3O2/c1-2-26-19(25)23-10-7-16(8-11-23)24-9-3-4-15(13-24)22-14-5-6-17(20)18(21)12-14/h5-6,12,15-16,22H,2-4,7-11,13H2,1H3/t15-/m1/s1. The summed E-state index contributed by atoms with van der Waals surface area (Å²) in [4.78, 5) is 16.1. The summed E-state index contributed by atoms with van der Waals surface area (Å²) in [5.74, 6) is -1.65. The van der Waals surface area contributed by atoms with Crippen LogP contribution in [0.3, 0.4) is 0 Å². The molecule has 2 saturated heterocycles. The molecule has 0 spiro atoms. The van der Waals surface area contributed by atoms with E-state index in [1.54, 1.807) is 11.0 Å². The molecule has 7 heteroatoms. The first-order valence-electron chi connectivity index (χ1n) is 9.44. The Kier molecular flexibility index (Phi) is 6.29. The van der Waals surface area contributed by atoms with Crippen molar-refractivity contribution >= 4 is 11.8 Å². The average molecular weight is 367 g/mol. The van der Waals surface area contributed by atoms with E-state index in [0.717, 1.165) is 57.9 Å². The van der Waals surface area contributed by atoms with E-state index in [2.05, 4.69) is 10.2 Å². The molecule has 3 rings (SSSR count). The van der Waals surface area contributed by atoms with Crippen LogP contribution in [-0.2, 0) is 4.74 Å². The maximum absolute atomic E-state index is 13.4. The van der Waals surface area contributed by atoms with E-state index >= 15 is 0 Å². The Hall–Kier alpha value is -1.89. The predicted molar refractivity (Wildman–Crippen MR) is 96.2 cm³/mol. The second kappa shape index (κ2) is 8.66. The van der Waals surface area contributed by atoms with Crippen molar-refractivity contribution in [3.05, 3.63) is 29.8 Å². The fourth-order valence-electron chi connectivity index (χ4n) is 3.91. The van der Waals surface area contributed by atoms with Gasteiger partial charge in [0.1, 0.15) is 0 Å². The Morgan fingerprint density at radius 2 is 1.96 bits per heavy atom. The molecule has 2 aliphatic rings. The molecule has 1 atom stereocenters. The van der Waals surface area contributed by atoms with Crippen molar-refractivity contribution in [2.45, 2.75) is 44.7 Å². The maximum atomic E-state index is 13.4. The van der Waals surface area contributed by atoms with Gasteiger partial charge in [0, 0.05) is 43.5 Å². The molecular weight excluding hydrogens is 340 g/mol. The Bertz CT molecular complexity index is 621. The Morgan fingerprint density at radius 1 is 1.19 bits per heavy atom. The smallest absolute Gasteiger partial charge is 0.409 e. The van der Waals surface area contributed by atoms with Crippen molar-refractivity contribution in [2.75, 3.05) is 38.1 Å². The minimum Gasteiger partial charge on any atom is -0.450 e. The van der Waals surface area contributed by atoms with Crippen LogP contribution in [0.1, 0.15) is 32.6 Å². The fraction of sp³-hybridized carbons (Fsp3) is 0.632. The number of carbonyl (C=O) groups excluding carboxylic acids is 1. The number of piperidine rings is 2. The van der Waals surface area contributed by atoms with Crippen LogP contribution in [0.2, 0.25) is 0 Å². The number of halogens is 2. The van der Waals surface area contributed by atoms with Gasteiger partial charge in [-0.25, -0.2) is 13.6 Å². The molecule has 0 aliphatic carbocycles. The second-order valence-electron chi connectivity index (χ2n) is 7.02. The summed E-state index contributed by atoms with van der Waals surface area (Å²) in [5.41, 5.74) is 0.618. The number of amides is 1. The van der Waals surface area contributed by atoms with Crippen LogP contribution < -0.4 is 5.32 Å². The predicted octanol–water partition coefficient (Wildman–Crippen LogP) is 3.46. The van der Waals surface area contributed by atoms with Crippen LogP contribution in [0.5, 0.6) is 0 Å². The average Bonchev–Trinajstić information content (AvgIpc) is 2.65. The number of benzene rings is 1. The normalized spacial score (nSPS) is 22.3. The zero-order valence-electron chi connectivity index (χ0n) is 15.2. The third-order valence-electron chi connectivity index (χ3n) is 5.25. The van der Waals surface area contributed by atoms with Gasteiger partial charge in [0.05, 0.1) is 6.61 Å². The zero-order chi connectivity index (χ0) is 18.5. The van der Waals surface area contributed by atoms with Crippen LogP contribution in [0.15, 0.2) is 18.2 Å². The van der Waals surface area contributed by atoms with Crippen LogP contribution >= 0.6 is 0 Å². The molecule has 144 valence electrons. The monoisotopic (exact) mass is 367 g/mol. The minimum atomic E-state index is -0.825. The van der Waals surface area contributed by atoms with E-state index in [1.807, 2.05) is 6.92 Å². The summed E-state index contributed by atoms with van der Waals surface area (Å²) in [6.07, 6.45) is 3.74. The molecule has 0 radical (unpaired) electrons. The third-order valence-corrected chi connectivity index (χ3v) is 5.25. The first kappa shape index (κ1) is 18.9. The lowest BCUT2D eigenvalue weighted by Crippen LogP contribution is -2.51. The summed E-state index contributed by atoms with van der Waals surface area (Å²) >= 11 is 0. The van der Waals surface area contributed by atoms with Crippen molar-refractivity contribution in [1.29, 1.82) is 0 Å². The van der Waals surface area contributed by atoms with Gasteiger partial charge in [-0.3, -0.25) is 4.90 Å². The van der Waals surface area contributed by atoms with Crippen LogP contribution in [0.4, 0.5) is 19.3 Å². The van der Waals surface area contributed by atoms with E-state index in [9.17, 15) is 13.6 Å². The lowest BCUT2D eigenvalue weighted by molar-refractivity contribution is 0.0667. The Balaban J connectivity index is 1.51. The molecule has 1 aromatic carbocycles. The number of anilines is 1. The largest absolute Gasteiger partial charge is 0.450 e. The summed E-state index contributed by atoms with van der Waals surface area (Å²) < 4.78 is 31.5. The molecule has 0 saturated carbocycles. The van der Waals surface area contributed by atoms with Gasteiger partial charge in [-0.05, 0) is 51.3 Å². The first-order chi connectivity index (χ1) is 12.6. The second-order valence-corrected chi connectivity index (χ2v) is 7.02. The van der Waals surface area contributed by atoms with Gasteiger partial charge >= 0.3 is 6.09 Å². The van der Waals surface area contributed by atoms with Crippen LogP contribution in [0, 0.1) is 11.6 Å². The number of nitrogens with zero attached hydrogens (tertiary/aromatic N) is 2. The molecule has 5 nitrogen and oxygen atoms in total. The van der Waals surface area contributed by atoms with Gasteiger partial charge in [-0.2, -0.15) is 0 Å². The lowest BCUT2D eigenvalue weighted by atomic mass is 9.98. The molecule has 26 heavy (non-hydrogen) atoms. The Morgan fingerprint density at radius 3 is 2.65 bits per heavy atom. The van der Waals surface area contributed by atoms with E-state index in [1.165, 1.54) is 6.07 Å². The van der Waals surface area contributed by atoms with Crippen molar-refractivity contribution in [2.24, 2.45) is 0 Å². The molecule has 2 heterocycles. The van der Waals surface area contributed by atoms with Crippen LogP contribution in [0.25, 0.3) is 0 Å². The van der Waals surface area contributed by atoms with Gasteiger partial charge in [0.15, 0.2) is 11.6 Å². The van der Waals surface area contributed by atoms with Crippen molar-refractivity contribution < 1.29 is 18.3 Å². The zero-order valence-corrected chi connectivity index (χ0v) is 15.2. The van der Waals surface area contributed by atoms with Crippen LogP contribution in [-0.4, -0.2) is 60.8 Å². The summed E-state index contributed by atoms with van der Waals surface area (Å²) in [5, 5.41) is 3.33. The van der Waals surface area contributed by atoms with E-state index in [-0.39, 0.29) is 12.1 Å². The number of hydrogen-bond donors (Lipinski definition) is 1. The quantitative estimate of drug-likeness (QED) is 0.885. The number of rotatable bonds is 4. The lowest BCUT2D eigenvalue weighted by Gasteiger charge is -2.42. The number of nitrogens with one attached hydrogen (secondary N) is 1. The van der Waals surface area contributed by atoms with Crippen molar-refractivity contribution in [3.63, 3.8) is 0 Å². The molecule has 2 fully saturated rings. The topological polar surface area (TPSA) is 44.8 Å². The molecule has 0 unspecified atom stereocenters. The molecule has 2 aliphatic heterocycles. The van der Waals surface area contributed by atoms with E-state index in [4.69, 9.17) is 4.74 Å². The SMILES string of the molecule is CCOC(=O)N1CCC(N2CCC[C@@H](Nc3ccc(F)c(F)c3)C2)CC1. The van der Waals surface area contributed by atoms with Gasteiger partial charge in [-0.15, -0.1) is 0 Å². The van der Waals surface area contributed by atoms with Gasteiger partial charge < -0.3 is 15.0 Å². The van der Waals surface area contributed by atoms with Crippen molar-refractivity contribution in [1.82, 2.24) is 9.80 Å². The fourth-order valence-corrected chi connectivity index (χ4v) is 3.91. The van der Waals surface area contributed by atoms with Gasteiger partial charge in [0.25, 0.3) is 0 Å². The van der Waals surface area contributed by atoms with E-state index in [0.29, 0.717) is 18.3 Å². The molecule has 0 bridgehead atoms. The molecule has 1 aromatic rings. The van der Waals surface area contributed by atoms with E-state index < -0.39 is 11.6 Å². The van der Waals surface area contributed by atoms with Crippen molar-refractivity contribution in [3.8, 4) is 0 Å². The number of hydrogen-bond acceptors (Lipinski definition) is 4. The summed E-state index contributed by atoms with van der Waals surface area (Å²) in [6, 6.07) is 4.62. The molecule has 0 aromatic heterocycles. The minimum absolute atomic E-state index is 0.219. The molecule has 1 amide bonds. The summed E-state index contributed by atoms with van der Waals surface area (Å²) in [6.45, 7) is 5.59. The highest BCUT2D eigenvalue weighted by Crippen LogP contribution is 2.24. The highest BCUT2D eigenvalue weighted by molar-refractivity contribution is 5.67. The number of carbonyl (C=O) groups is 1. The Labute approximate surface area is 153 Å². The third kappa shape index (κ3) is 4.63.